The molecule has 2 amide bonds. The van der Waals surface area contributed by atoms with Crippen molar-refractivity contribution in [3.63, 3.8) is 0 Å². The van der Waals surface area contributed by atoms with Gasteiger partial charge in [0, 0.05) is 45.2 Å². The average Bonchev–Trinajstić information content (AvgIpc) is 3.60. The first kappa shape index (κ1) is 31.4. The van der Waals surface area contributed by atoms with Crippen LogP contribution in [0.15, 0.2) is 79.3 Å². The van der Waals surface area contributed by atoms with Gasteiger partial charge in [0.25, 0.3) is 0 Å². The molecule has 0 radical (unpaired) electrons. The molecule has 2 N–H and O–H groups in total. The maximum atomic E-state index is 15.5. The first-order valence-electron chi connectivity index (χ1n) is 14.3. The lowest BCUT2D eigenvalue weighted by Crippen LogP contribution is -2.44. The SMILES string of the molecule is CC(O)c1cn(CC(=O)N2C[C@H](F)C[C@H]2C(=O)Nc2cccc(-c3ccccc3Cl)c2F)c2ccc(Oc3cnc(Cl)nc3)cc12. The number of anilines is 1. The molecule has 1 saturated heterocycles. The summed E-state index contributed by atoms with van der Waals surface area (Å²) in [5.41, 5.74) is 1.67. The highest BCUT2D eigenvalue weighted by Crippen LogP contribution is 2.34. The molecule has 1 fully saturated rings. The second-order valence-electron chi connectivity index (χ2n) is 10.9. The molecule has 2 aromatic heterocycles. The number of ether oxygens (including phenoxy) is 1. The highest BCUT2D eigenvalue weighted by atomic mass is 35.5. The standard InChI is InChI=1S/C33H27Cl2F2N5O4/c1-18(43)25-16-41(28-10-9-20(12-24(25)28)46-21-13-38-33(35)39-14-21)17-30(44)42-15-19(36)11-29(42)32(45)40-27-8-4-6-23(31(27)37)22-5-2-3-7-26(22)34/h2-10,12-14,16,18-19,29,43H,11,15,17H2,1H3,(H,40,45)/t18?,19-,29+/m1/s1. The number of alkyl halides is 1. The van der Waals surface area contributed by atoms with E-state index >= 15 is 4.39 Å². The van der Waals surface area contributed by atoms with E-state index < -0.39 is 35.9 Å². The fourth-order valence-electron chi connectivity index (χ4n) is 5.60. The minimum absolute atomic E-state index is 0.0764. The molecular weight excluding hydrogens is 639 g/mol. The number of nitrogens with zero attached hydrogens (tertiary/aromatic N) is 4. The second-order valence-corrected chi connectivity index (χ2v) is 11.6. The van der Waals surface area contributed by atoms with Crippen molar-refractivity contribution in [2.45, 2.75) is 38.2 Å². The Morgan fingerprint density at radius 1 is 1.07 bits per heavy atom. The van der Waals surface area contributed by atoms with Gasteiger partial charge in [-0.25, -0.2) is 18.7 Å². The Morgan fingerprint density at radius 3 is 2.54 bits per heavy atom. The maximum Gasteiger partial charge on any atom is 0.247 e. The Kier molecular flexibility index (Phi) is 8.90. The van der Waals surface area contributed by atoms with Crippen molar-refractivity contribution in [1.29, 1.82) is 0 Å². The van der Waals surface area contributed by atoms with Gasteiger partial charge in [0.2, 0.25) is 17.1 Å². The highest BCUT2D eigenvalue weighted by molar-refractivity contribution is 6.33. The van der Waals surface area contributed by atoms with Crippen LogP contribution in [-0.4, -0.2) is 55.1 Å². The van der Waals surface area contributed by atoms with Crippen LogP contribution in [0.25, 0.3) is 22.0 Å². The molecule has 13 heteroatoms. The number of nitrogens with one attached hydrogen (secondary N) is 1. The highest BCUT2D eigenvalue weighted by Gasteiger charge is 2.40. The number of amides is 2. The van der Waals surface area contributed by atoms with Crippen LogP contribution in [0, 0.1) is 5.82 Å². The molecule has 6 rings (SSSR count). The number of aliphatic hydroxyl groups excluding tert-OH is 1. The molecule has 0 saturated carbocycles. The summed E-state index contributed by atoms with van der Waals surface area (Å²) in [6, 6.07) is 15.2. The lowest BCUT2D eigenvalue weighted by molar-refractivity contribution is -0.137. The molecule has 3 heterocycles. The normalized spacial score (nSPS) is 16.9. The molecule has 3 aromatic carbocycles. The Hall–Kier alpha value is -4.58. The van der Waals surface area contributed by atoms with Gasteiger partial charge in [-0.3, -0.25) is 9.59 Å². The van der Waals surface area contributed by atoms with Crippen molar-refractivity contribution in [2.24, 2.45) is 0 Å². The van der Waals surface area contributed by atoms with Crippen LogP contribution in [0.4, 0.5) is 14.5 Å². The van der Waals surface area contributed by atoms with Gasteiger partial charge in [0.15, 0.2) is 11.6 Å². The van der Waals surface area contributed by atoms with Gasteiger partial charge in [-0.1, -0.05) is 41.9 Å². The number of fused-ring (bicyclic) bond motifs is 1. The third-order valence-electron chi connectivity index (χ3n) is 7.77. The number of halogens is 4. The molecule has 5 aromatic rings. The number of aliphatic hydroxyl groups is 1. The van der Waals surface area contributed by atoms with Gasteiger partial charge in [0.05, 0.1) is 30.7 Å². The van der Waals surface area contributed by atoms with Crippen molar-refractivity contribution in [3.8, 4) is 22.6 Å². The number of rotatable bonds is 8. The van der Waals surface area contributed by atoms with Gasteiger partial charge in [0.1, 0.15) is 24.5 Å². The van der Waals surface area contributed by atoms with E-state index in [2.05, 4.69) is 15.3 Å². The largest absolute Gasteiger partial charge is 0.454 e. The zero-order valence-electron chi connectivity index (χ0n) is 24.3. The lowest BCUT2D eigenvalue weighted by Gasteiger charge is -2.24. The molecule has 0 bridgehead atoms. The van der Waals surface area contributed by atoms with Crippen molar-refractivity contribution < 1.29 is 28.2 Å². The Labute approximate surface area is 272 Å². The van der Waals surface area contributed by atoms with Gasteiger partial charge in [-0.2, -0.15) is 0 Å². The van der Waals surface area contributed by atoms with E-state index in [0.717, 1.165) is 0 Å². The maximum absolute atomic E-state index is 15.5. The number of benzene rings is 3. The van der Waals surface area contributed by atoms with E-state index in [-0.39, 0.29) is 36.0 Å². The molecule has 1 aliphatic rings. The smallest absolute Gasteiger partial charge is 0.247 e. The van der Waals surface area contributed by atoms with E-state index in [0.29, 0.717) is 38.6 Å². The number of likely N-dealkylation sites (tertiary alicyclic amines) is 1. The van der Waals surface area contributed by atoms with Crippen LogP contribution in [-0.2, 0) is 16.1 Å². The lowest BCUT2D eigenvalue weighted by atomic mass is 10.0. The fraction of sp³-hybridized carbons (Fsp3) is 0.212. The molecule has 0 spiro atoms. The van der Waals surface area contributed by atoms with Gasteiger partial charge >= 0.3 is 0 Å². The van der Waals surface area contributed by atoms with Crippen molar-refractivity contribution in [1.82, 2.24) is 19.4 Å². The van der Waals surface area contributed by atoms with Gasteiger partial charge in [-0.15, -0.1) is 0 Å². The van der Waals surface area contributed by atoms with E-state index in [4.69, 9.17) is 27.9 Å². The molecule has 1 unspecified atom stereocenters. The summed E-state index contributed by atoms with van der Waals surface area (Å²) in [6.07, 6.45) is 1.92. The van der Waals surface area contributed by atoms with Crippen molar-refractivity contribution in [2.75, 3.05) is 11.9 Å². The fourth-order valence-corrected chi connectivity index (χ4v) is 5.93. The molecule has 46 heavy (non-hydrogen) atoms. The second kappa shape index (κ2) is 13.0. The van der Waals surface area contributed by atoms with Gasteiger partial charge in [-0.05, 0) is 48.9 Å². The van der Waals surface area contributed by atoms with Crippen LogP contribution in [0.5, 0.6) is 11.5 Å². The molecule has 236 valence electrons. The van der Waals surface area contributed by atoms with Crippen LogP contribution < -0.4 is 10.1 Å². The van der Waals surface area contributed by atoms with Gasteiger partial charge < -0.3 is 24.6 Å². The van der Waals surface area contributed by atoms with E-state index in [1.165, 1.54) is 23.4 Å². The minimum Gasteiger partial charge on any atom is -0.454 e. The van der Waals surface area contributed by atoms with E-state index in [1.807, 2.05) is 0 Å². The summed E-state index contributed by atoms with van der Waals surface area (Å²) < 4.78 is 37.7. The number of hydrogen-bond acceptors (Lipinski definition) is 6. The van der Waals surface area contributed by atoms with Crippen LogP contribution >= 0.6 is 23.2 Å². The first-order valence-corrected chi connectivity index (χ1v) is 15.1. The Bertz CT molecular complexity index is 1940. The Morgan fingerprint density at radius 2 is 1.80 bits per heavy atom. The number of aromatic nitrogens is 3. The zero-order valence-corrected chi connectivity index (χ0v) is 25.8. The minimum atomic E-state index is -1.44. The predicted molar refractivity (Wildman–Crippen MR) is 170 cm³/mol. The summed E-state index contributed by atoms with van der Waals surface area (Å²) in [5.74, 6) is -1.14. The Balaban J connectivity index is 1.22. The molecular formula is C33H27Cl2F2N5O4. The van der Waals surface area contributed by atoms with E-state index in [1.54, 1.807) is 72.3 Å². The summed E-state index contributed by atoms with van der Waals surface area (Å²) in [7, 11) is 0. The third kappa shape index (κ3) is 6.39. The summed E-state index contributed by atoms with van der Waals surface area (Å²) in [6.45, 7) is 1.07. The zero-order chi connectivity index (χ0) is 32.5. The third-order valence-corrected chi connectivity index (χ3v) is 8.29. The van der Waals surface area contributed by atoms with Crippen LogP contribution in [0.2, 0.25) is 10.3 Å². The predicted octanol–water partition coefficient (Wildman–Crippen LogP) is 6.97. The summed E-state index contributed by atoms with van der Waals surface area (Å²) >= 11 is 12.0. The topological polar surface area (TPSA) is 110 Å². The number of carbonyl (C=O) groups is 2. The summed E-state index contributed by atoms with van der Waals surface area (Å²) in [4.78, 5) is 35.9. The quantitative estimate of drug-likeness (QED) is 0.173. The molecule has 1 aliphatic heterocycles. The first-order chi connectivity index (χ1) is 22.1. The summed E-state index contributed by atoms with van der Waals surface area (Å²) in [5, 5.41) is 14.1. The van der Waals surface area contributed by atoms with Crippen molar-refractivity contribution >= 4 is 51.6 Å². The number of carbonyl (C=O) groups excluding carboxylic acids is 2. The van der Waals surface area contributed by atoms with Crippen LogP contribution in [0.3, 0.4) is 0 Å². The molecule has 3 atom stereocenters. The van der Waals surface area contributed by atoms with Crippen molar-refractivity contribution in [3.05, 3.63) is 101 Å². The van der Waals surface area contributed by atoms with Crippen LogP contribution in [0.1, 0.15) is 25.0 Å². The van der Waals surface area contributed by atoms with E-state index in [9.17, 15) is 19.1 Å². The molecule has 0 aliphatic carbocycles. The monoisotopic (exact) mass is 665 g/mol. The number of hydrogen-bond donors (Lipinski definition) is 2. The average molecular weight is 667 g/mol. The molecule has 9 nitrogen and oxygen atoms in total.